The third-order valence-corrected chi connectivity index (χ3v) is 6.03. The molecule has 1 aliphatic rings. The summed E-state index contributed by atoms with van der Waals surface area (Å²) in [4.78, 5) is 55.5. The second-order valence-electron chi connectivity index (χ2n) is 7.45. The van der Waals surface area contributed by atoms with Crippen molar-refractivity contribution in [2.24, 2.45) is 0 Å². The van der Waals surface area contributed by atoms with Crippen molar-refractivity contribution in [3.8, 4) is 0 Å². The molecule has 1 aromatic heterocycles. The molecule has 1 unspecified atom stereocenters. The molecule has 2 atom stereocenters. The van der Waals surface area contributed by atoms with Gasteiger partial charge in [0.1, 0.15) is 23.7 Å². The Hall–Kier alpha value is -4.19. The molecule has 4 amide bonds. The van der Waals surface area contributed by atoms with Gasteiger partial charge < -0.3 is 15.4 Å². The zero-order chi connectivity index (χ0) is 25.1. The summed E-state index contributed by atoms with van der Waals surface area (Å²) in [6, 6.07) is 7.67. The van der Waals surface area contributed by atoms with Crippen LogP contribution >= 0.6 is 11.3 Å². The number of anilines is 1. The van der Waals surface area contributed by atoms with Crippen molar-refractivity contribution in [2.75, 3.05) is 12.4 Å². The largest absolute Gasteiger partial charge is 0.464 e. The summed E-state index contributed by atoms with van der Waals surface area (Å²) in [6.07, 6.45) is -0.0759. The second kappa shape index (κ2) is 9.97. The predicted molar refractivity (Wildman–Crippen MR) is 120 cm³/mol. The van der Waals surface area contributed by atoms with Gasteiger partial charge in [-0.2, -0.15) is 0 Å². The Morgan fingerprint density at radius 1 is 1.14 bits per heavy atom. The number of nitrogens with one attached hydrogen (secondary N) is 2. The molecular formula is C23H18F2N4O5S. The number of aromatic nitrogens is 1. The topological polar surface area (TPSA) is 118 Å². The van der Waals surface area contributed by atoms with Gasteiger partial charge in [0.25, 0.3) is 5.91 Å². The average molecular weight is 500 g/mol. The van der Waals surface area contributed by atoms with Crippen LogP contribution in [0, 0.1) is 11.6 Å². The van der Waals surface area contributed by atoms with Gasteiger partial charge >= 0.3 is 12.0 Å². The summed E-state index contributed by atoms with van der Waals surface area (Å²) in [5.74, 6) is -4.48. The molecule has 4 rings (SSSR count). The Bertz CT molecular complexity index is 1280. The molecule has 1 aliphatic heterocycles. The van der Waals surface area contributed by atoms with E-state index in [1.54, 1.807) is 30.3 Å². The third-order valence-electron chi connectivity index (χ3n) is 5.27. The fourth-order valence-corrected chi connectivity index (χ4v) is 4.31. The Labute approximate surface area is 201 Å². The van der Waals surface area contributed by atoms with Crippen LogP contribution in [0.1, 0.15) is 27.7 Å². The molecule has 0 radical (unpaired) electrons. The Kier molecular flexibility index (Phi) is 6.82. The van der Waals surface area contributed by atoms with Gasteiger partial charge in [-0.05, 0) is 17.7 Å². The minimum absolute atomic E-state index is 0.0301. The molecular weight excluding hydrogens is 482 g/mol. The highest BCUT2D eigenvalue weighted by Gasteiger charge is 2.47. The van der Waals surface area contributed by atoms with Crippen LogP contribution in [0.2, 0.25) is 0 Å². The molecule has 2 aromatic carbocycles. The third kappa shape index (κ3) is 4.87. The standard InChI is InChI=1S/C23H18F2N4O5S/c1-34-21(32)15-11-35-22(26-15)28-19(30)16(10-12-6-3-2-4-7-12)29-20(31)18(27-23(29)33)17-13(24)8-5-9-14(17)25/h2-9,11,16,18H,10H2,1H3,(H,27,33)(H,26,28,30)/t16-,18?/m0/s1. The zero-order valence-corrected chi connectivity index (χ0v) is 19.0. The molecule has 3 aromatic rings. The van der Waals surface area contributed by atoms with Gasteiger partial charge in [-0.3, -0.25) is 9.59 Å². The average Bonchev–Trinajstić information content (AvgIpc) is 3.42. The van der Waals surface area contributed by atoms with Crippen molar-refractivity contribution in [2.45, 2.75) is 18.5 Å². The fraction of sp³-hybridized carbons (Fsp3) is 0.174. The van der Waals surface area contributed by atoms with E-state index in [1.807, 2.05) is 0 Å². The summed E-state index contributed by atoms with van der Waals surface area (Å²) < 4.78 is 33.3. The lowest BCUT2D eigenvalue weighted by Gasteiger charge is -2.24. The number of esters is 1. The van der Waals surface area contributed by atoms with Crippen molar-refractivity contribution >= 4 is 40.3 Å². The van der Waals surface area contributed by atoms with E-state index < -0.39 is 53.1 Å². The summed E-state index contributed by atoms with van der Waals surface area (Å²) in [6.45, 7) is 0. The summed E-state index contributed by atoms with van der Waals surface area (Å²) in [7, 11) is 1.18. The number of carbonyl (C=O) groups excluding carboxylic acids is 4. The zero-order valence-electron chi connectivity index (χ0n) is 18.2. The molecule has 35 heavy (non-hydrogen) atoms. The Morgan fingerprint density at radius 2 is 1.83 bits per heavy atom. The molecule has 9 nitrogen and oxygen atoms in total. The smallest absolute Gasteiger partial charge is 0.357 e. The molecule has 180 valence electrons. The van der Waals surface area contributed by atoms with Crippen LogP contribution in [0.15, 0.2) is 53.9 Å². The Balaban J connectivity index is 1.65. The van der Waals surface area contributed by atoms with Crippen LogP contribution < -0.4 is 10.6 Å². The number of rotatable bonds is 7. The van der Waals surface area contributed by atoms with Gasteiger partial charge in [0.15, 0.2) is 10.8 Å². The molecule has 12 heteroatoms. The normalized spacial score (nSPS) is 16.1. The first-order chi connectivity index (χ1) is 16.8. The molecule has 1 fully saturated rings. The van der Waals surface area contributed by atoms with Crippen molar-refractivity contribution in [1.29, 1.82) is 0 Å². The van der Waals surface area contributed by atoms with Gasteiger partial charge in [0.05, 0.1) is 12.7 Å². The minimum Gasteiger partial charge on any atom is -0.464 e. The maximum atomic E-state index is 14.3. The van der Waals surface area contributed by atoms with Gasteiger partial charge in [-0.25, -0.2) is 28.3 Å². The monoisotopic (exact) mass is 500 g/mol. The van der Waals surface area contributed by atoms with Gasteiger partial charge in [0.2, 0.25) is 5.91 Å². The van der Waals surface area contributed by atoms with Gasteiger partial charge in [-0.1, -0.05) is 36.4 Å². The number of halogens is 2. The number of ether oxygens (including phenoxy) is 1. The van der Waals surface area contributed by atoms with E-state index in [1.165, 1.54) is 12.5 Å². The van der Waals surface area contributed by atoms with E-state index in [9.17, 15) is 28.0 Å². The number of thiazole rings is 1. The molecule has 0 aliphatic carbocycles. The number of urea groups is 1. The molecule has 0 saturated carbocycles. The quantitative estimate of drug-likeness (QED) is 0.380. The van der Waals surface area contributed by atoms with E-state index >= 15 is 0 Å². The van der Waals surface area contributed by atoms with Crippen LogP contribution in [-0.2, 0) is 20.7 Å². The fourth-order valence-electron chi connectivity index (χ4n) is 3.63. The lowest BCUT2D eigenvalue weighted by Crippen LogP contribution is -2.49. The number of carbonyl (C=O) groups is 4. The number of imide groups is 1. The number of benzene rings is 2. The van der Waals surface area contributed by atoms with Crippen LogP contribution in [0.3, 0.4) is 0 Å². The highest BCUT2D eigenvalue weighted by molar-refractivity contribution is 7.14. The number of methoxy groups -OCH3 is 1. The van der Waals surface area contributed by atoms with E-state index in [-0.39, 0.29) is 17.2 Å². The van der Waals surface area contributed by atoms with Crippen LogP contribution in [0.25, 0.3) is 0 Å². The predicted octanol–water partition coefficient (Wildman–Crippen LogP) is 3.05. The first kappa shape index (κ1) is 24.0. The van der Waals surface area contributed by atoms with E-state index in [0.717, 1.165) is 29.5 Å². The number of hydrogen-bond acceptors (Lipinski definition) is 7. The summed E-state index contributed by atoms with van der Waals surface area (Å²) in [5, 5.41) is 6.17. The first-order valence-corrected chi connectivity index (χ1v) is 11.1. The van der Waals surface area contributed by atoms with Crippen molar-refractivity contribution in [1.82, 2.24) is 15.2 Å². The molecule has 0 bridgehead atoms. The maximum absolute atomic E-state index is 14.3. The van der Waals surface area contributed by atoms with Crippen molar-refractivity contribution in [3.05, 3.63) is 82.4 Å². The molecule has 1 saturated heterocycles. The van der Waals surface area contributed by atoms with E-state index in [4.69, 9.17) is 0 Å². The van der Waals surface area contributed by atoms with Gasteiger partial charge in [0, 0.05) is 11.8 Å². The summed E-state index contributed by atoms with van der Waals surface area (Å²) >= 11 is 0.944. The van der Waals surface area contributed by atoms with E-state index in [0.29, 0.717) is 10.5 Å². The summed E-state index contributed by atoms with van der Waals surface area (Å²) in [5.41, 5.74) is -0.0180. The van der Waals surface area contributed by atoms with Crippen LogP contribution in [-0.4, -0.2) is 46.9 Å². The minimum atomic E-state index is -1.64. The first-order valence-electron chi connectivity index (χ1n) is 10.3. The number of nitrogens with zero attached hydrogens (tertiary/aromatic N) is 2. The van der Waals surface area contributed by atoms with Crippen molar-refractivity contribution < 1.29 is 32.7 Å². The molecule has 0 spiro atoms. The Morgan fingerprint density at radius 3 is 2.49 bits per heavy atom. The lowest BCUT2D eigenvalue weighted by molar-refractivity contribution is -0.134. The SMILES string of the molecule is COC(=O)c1csc(NC(=O)[C@H](Cc2ccccc2)N2C(=O)NC(c3c(F)cccc3F)C2=O)n1. The van der Waals surface area contributed by atoms with Crippen LogP contribution in [0.5, 0.6) is 0 Å². The second-order valence-corrected chi connectivity index (χ2v) is 8.31. The van der Waals surface area contributed by atoms with E-state index in [2.05, 4.69) is 20.4 Å². The number of hydrogen-bond donors (Lipinski definition) is 2. The molecule has 2 heterocycles. The van der Waals surface area contributed by atoms with Gasteiger partial charge in [-0.15, -0.1) is 11.3 Å². The highest BCUT2D eigenvalue weighted by Crippen LogP contribution is 2.29. The number of amides is 4. The molecule has 2 N–H and O–H groups in total. The van der Waals surface area contributed by atoms with Crippen molar-refractivity contribution in [3.63, 3.8) is 0 Å². The van der Waals surface area contributed by atoms with Crippen LogP contribution in [0.4, 0.5) is 18.7 Å². The highest BCUT2D eigenvalue weighted by atomic mass is 32.1. The lowest BCUT2D eigenvalue weighted by atomic mass is 10.0. The maximum Gasteiger partial charge on any atom is 0.357 e.